The van der Waals surface area contributed by atoms with E-state index in [0.29, 0.717) is 12.6 Å². The summed E-state index contributed by atoms with van der Waals surface area (Å²) in [5.74, 6) is 0.960. The molecule has 22 heavy (non-hydrogen) atoms. The average Bonchev–Trinajstić information content (AvgIpc) is 2.97. The maximum atomic E-state index is 5.62. The lowest BCUT2D eigenvalue weighted by Gasteiger charge is -2.13. The van der Waals surface area contributed by atoms with Crippen LogP contribution < -0.4 is 10.1 Å². The van der Waals surface area contributed by atoms with Crippen molar-refractivity contribution in [3.8, 4) is 5.75 Å². The van der Waals surface area contributed by atoms with Gasteiger partial charge in [0.25, 0.3) is 0 Å². The smallest absolute Gasteiger partial charge is 0.119 e. The van der Waals surface area contributed by atoms with Gasteiger partial charge in [-0.05, 0) is 61.1 Å². The van der Waals surface area contributed by atoms with Gasteiger partial charge in [0.15, 0.2) is 0 Å². The second kappa shape index (κ2) is 6.87. The molecule has 2 aromatic rings. The number of ether oxygens (including phenoxy) is 1. The van der Waals surface area contributed by atoms with Crippen LogP contribution in [-0.4, -0.2) is 6.61 Å². The Balaban J connectivity index is 1.74. The molecule has 0 saturated carbocycles. The monoisotopic (exact) mass is 295 g/mol. The summed E-state index contributed by atoms with van der Waals surface area (Å²) in [5, 5.41) is 3.65. The van der Waals surface area contributed by atoms with Gasteiger partial charge in [-0.1, -0.05) is 37.6 Å². The Hall–Kier alpha value is -1.96. The Morgan fingerprint density at radius 1 is 1.14 bits per heavy atom. The molecular weight excluding hydrogens is 270 g/mol. The van der Waals surface area contributed by atoms with Crippen LogP contribution in [0.4, 0.5) is 5.69 Å². The van der Waals surface area contributed by atoms with Crippen LogP contribution in [0.5, 0.6) is 5.75 Å². The van der Waals surface area contributed by atoms with Crippen molar-refractivity contribution < 1.29 is 4.74 Å². The molecular formula is C20H25NO. The van der Waals surface area contributed by atoms with Gasteiger partial charge in [-0.3, -0.25) is 0 Å². The molecule has 0 spiro atoms. The minimum Gasteiger partial charge on any atom is -0.494 e. The number of hydrogen-bond donors (Lipinski definition) is 1. The van der Waals surface area contributed by atoms with E-state index >= 15 is 0 Å². The van der Waals surface area contributed by atoms with Crippen LogP contribution in [0.15, 0.2) is 42.5 Å². The number of anilines is 1. The Kier molecular flexibility index (Phi) is 4.67. The lowest BCUT2D eigenvalue weighted by molar-refractivity contribution is 0.339. The first kappa shape index (κ1) is 15.0. The summed E-state index contributed by atoms with van der Waals surface area (Å²) < 4.78 is 5.62. The fourth-order valence-corrected chi connectivity index (χ4v) is 3.14. The second-order valence-electron chi connectivity index (χ2n) is 6.00. The molecule has 0 fully saturated rings. The Morgan fingerprint density at radius 3 is 2.86 bits per heavy atom. The third-order valence-electron chi connectivity index (χ3n) is 4.31. The maximum Gasteiger partial charge on any atom is 0.119 e. The van der Waals surface area contributed by atoms with Gasteiger partial charge in [-0.2, -0.15) is 0 Å². The highest BCUT2D eigenvalue weighted by atomic mass is 16.5. The highest BCUT2D eigenvalue weighted by molar-refractivity contribution is 5.59. The largest absolute Gasteiger partial charge is 0.494 e. The number of rotatable bonds is 6. The van der Waals surface area contributed by atoms with Gasteiger partial charge >= 0.3 is 0 Å². The lowest BCUT2D eigenvalue weighted by atomic mass is 10.00. The molecule has 1 atom stereocenters. The zero-order valence-electron chi connectivity index (χ0n) is 13.6. The van der Waals surface area contributed by atoms with Crippen LogP contribution in [0.2, 0.25) is 0 Å². The molecule has 1 unspecified atom stereocenters. The third-order valence-corrected chi connectivity index (χ3v) is 4.31. The van der Waals surface area contributed by atoms with Crippen molar-refractivity contribution in [1.82, 2.24) is 0 Å². The highest BCUT2D eigenvalue weighted by Gasteiger charge is 2.22. The first-order valence-corrected chi connectivity index (χ1v) is 8.41. The molecule has 3 rings (SSSR count). The molecule has 0 bridgehead atoms. The molecule has 0 saturated heterocycles. The molecule has 1 heterocycles. The molecule has 0 radical (unpaired) electrons. The molecule has 116 valence electrons. The number of hydrogen-bond acceptors (Lipinski definition) is 2. The van der Waals surface area contributed by atoms with Crippen LogP contribution in [-0.2, 0) is 12.8 Å². The number of nitrogens with one attached hydrogen (secondary N) is 1. The predicted molar refractivity (Wildman–Crippen MR) is 92.7 cm³/mol. The molecule has 2 aromatic carbocycles. The molecule has 1 aliphatic heterocycles. The highest BCUT2D eigenvalue weighted by Crippen LogP contribution is 2.35. The summed E-state index contributed by atoms with van der Waals surface area (Å²) in [4.78, 5) is 0. The van der Waals surface area contributed by atoms with E-state index in [-0.39, 0.29) is 0 Å². The van der Waals surface area contributed by atoms with E-state index in [1.54, 1.807) is 0 Å². The van der Waals surface area contributed by atoms with Gasteiger partial charge in [0.2, 0.25) is 0 Å². The third kappa shape index (κ3) is 3.27. The van der Waals surface area contributed by atoms with E-state index in [1.807, 2.05) is 13.0 Å². The van der Waals surface area contributed by atoms with E-state index in [9.17, 15) is 0 Å². The topological polar surface area (TPSA) is 21.3 Å². The number of aryl methyl sites for hydroxylation is 1. The molecule has 1 N–H and O–H groups in total. The lowest BCUT2D eigenvalue weighted by Crippen LogP contribution is -2.05. The van der Waals surface area contributed by atoms with Crippen LogP contribution in [0.3, 0.4) is 0 Å². The molecule has 2 nitrogen and oxygen atoms in total. The minimum absolute atomic E-state index is 0.358. The number of unbranched alkanes of at least 4 members (excludes halogenated alkanes) is 1. The number of fused-ring (bicyclic) bond motifs is 1. The Bertz CT molecular complexity index is 635. The van der Waals surface area contributed by atoms with Crippen molar-refractivity contribution >= 4 is 5.69 Å². The summed E-state index contributed by atoms with van der Waals surface area (Å²) in [6.07, 6.45) is 4.77. The van der Waals surface area contributed by atoms with Crippen LogP contribution in [0.1, 0.15) is 49.4 Å². The van der Waals surface area contributed by atoms with Crippen molar-refractivity contribution in [3.05, 3.63) is 59.2 Å². The van der Waals surface area contributed by atoms with E-state index in [0.717, 1.165) is 12.2 Å². The SMILES string of the molecule is CCCCc1ccc2c(c1)CC(c1cccc(OCC)c1)N2. The van der Waals surface area contributed by atoms with Crippen LogP contribution in [0, 0.1) is 0 Å². The Labute approximate surface area is 133 Å². The summed E-state index contributed by atoms with van der Waals surface area (Å²) in [7, 11) is 0. The van der Waals surface area contributed by atoms with Gasteiger partial charge in [0, 0.05) is 5.69 Å². The minimum atomic E-state index is 0.358. The molecule has 0 aliphatic carbocycles. The van der Waals surface area contributed by atoms with Crippen LogP contribution in [0.25, 0.3) is 0 Å². The summed E-state index contributed by atoms with van der Waals surface area (Å²) in [6.45, 7) is 4.98. The van der Waals surface area contributed by atoms with Crippen molar-refractivity contribution in [1.29, 1.82) is 0 Å². The zero-order chi connectivity index (χ0) is 15.4. The first-order valence-electron chi connectivity index (χ1n) is 8.41. The van der Waals surface area contributed by atoms with E-state index in [4.69, 9.17) is 4.74 Å². The second-order valence-corrected chi connectivity index (χ2v) is 6.00. The van der Waals surface area contributed by atoms with Gasteiger partial charge in [0.1, 0.15) is 5.75 Å². The van der Waals surface area contributed by atoms with Gasteiger partial charge < -0.3 is 10.1 Å². The van der Waals surface area contributed by atoms with E-state index in [2.05, 4.69) is 48.6 Å². The van der Waals surface area contributed by atoms with Gasteiger partial charge in [0.05, 0.1) is 12.6 Å². The molecule has 0 amide bonds. The van der Waals surface area contributed by atoms with E-state index < -0.39 is 0 Å². The normalized spacial score (nSPS) is 16.2. The zero-order valence-corrected chi connectivity index (χ0v) is 13.6. The van der Waals surface area contributed by atoms with Crippen molar-refractivity contribution in [2.75, 3.05) is 11.9 Å². The standard InChI is InChI=1S/C20H25NO/c1-3-5-7-15-10-11-19-17(12-15)14-20(21-19)16-8-6-9-18(13-16)22-4-2/h6,8-13,20-21H,3-5,7,14H2,1-2H3. The average molecular weight is 295 g/mol. The summed E-state index contributed by atoms with van der Waals surface area (Å²) in [6, 6.07) is 15.7. The van der Waals surface area contributed by atoms with Crippen LogP contribution >= 0.6 is 0 Å². The van der Waals surface area contributed by atoms with Gasteiger partial charge in [-0.15, -0.1) is 0 Å². The van der Waals surface area contributed by atoms with Crippen molar-refractivity contribution in [2.45, 2.75) is 45.6 Å². The summed E-state index contributed by atoms with van der Waals surface area (Å²) >= 11 is 0. The maximum absolute atomic E-state index is 5.62. The molecule has 2 heteroatoms. The fourth-order valence-electron chi connectivity index (χ4n) is 3.14. The van der Waals surface area contributed by atoms with Crippen molar-refractivity contribution in [3.63, 3.8) is 0 Å². The van der Waals surface area contributed by atoms with Crippen molar-refractivity contribution in [2.24, 2.45) is 0 Å². The fraction of sp³-hybridized carbons (Fsp3) is 0.400. The number of benzene rings is 2. The summed E-state index contributed by atoms with van der Waals surface area (Å²) in [5.41, 5.74) is 5.50. The molecule has 0 aromatic heterocycles. The predicted octanol–water partition coefficient (Wildman–Crippen LogP) is 5.14. The first-order chi connectivity index (χ1) is 10.8. The molecule has 1 aliphatic rings. The Morgan fingerprint density at radius 2 is 2.05 bits per heavy atom. The van der Waals surface area contributed by atoms with Gasteiger partial charge in [-0.25, -0.2) is 0 Å². The van der Waals surface area contributed by atoms with E-state index in [1.165, 1.54) is 41.6 Å². The quantitative estimate of drug-likeness (QED) is 0.797.